The number of aromatic nitrogens is 2. The van der Waals surface area contributed by atoms with E-state index in [0.717, 1.165) is 5.69 Å². The van der Waals surface area contributed by atoms with Crippen molar-refractivity contribution in [1.29, 1.82) is 5.26 Å². The molecule has 7 nitrogen and oxygen atoms in total. The smallest absolute Gasteiger partial charge is 0.340 e. The first-order valence-electron chi connectivity index (χ1n) is 8.32. The second-order valence-electron chi connectivity index (χ2n) is 5.50. The predicted molar refractivity (Wildman–Crippen MR) is 102 cm³/mol. The van der Waals surface area contributed by atoms with Gasteiger partial charge in [-0.15, -0.1) is 0 Å². The zero-order valence-corrected chi connectivity index (χ0v) is 14.6. The highest BCUT2D eigenvalue weighted by Crippen LogP contribution is 2.23. The molecule has 0 atom stereocenters. The van der Waals surface area contributed by atoms with Gasteiger partial charge >= 0.3 is 5.97 Å². The van der Waals surface area contributed by atoms with E-state index < -0.39 is 5.97 Å². The maximum Gasteiger partial charge on any atom is 0.340 e. The first-order chi connectivity index (χ1) is 13.2. The molecule has 0 unspecified atom stereocenters. The van der Waals surface area contributed by atoms with E-state index in [4.69, 9.17) is 10.00 Å². The fourth-order valence-electron chi connectivity index (χ4n) is 2.43. The molecule has 0 spiro atoms. The molecule has 0 aliphatic carbocycles. The number of rotatable bonds is 6. The standard InChI is InChI=1S/C20H17N5O2/c1-2-27-20(26)16-8-3-4-9-17(16)25-19-11-18(22-13-23-19)24-15-7-5-6-14(10-15)12-21/h3-11,13H,2H2,1H3,(H2,22,23,24,25). The first kappa shape index (κ1) is 17.9. The maximum absolute atomic E-state index is 12.1. The van der Waals surface area contributed by atoms with Gasteiger partial charge in [0.15, 0.2) is 0 Å². The molecule has 2 aromatic carbocycles. The summed E-state index contributed by atoms with van der Waals surface area (Å²) in [6, 6.07) is 17.9. The summed E-state index contributed by atoms with van der Waals surface area (Å²) in [5, 5.41) is 15.2. The summed E-state index contributed by atoms with van der Waals surface area (Å²) in [6.45, 7) is 2.06. The molecule has 27 heavy (non-hydrogen) atoms. The SMILES string of the molecule is CCOC(=O)c1ccccc1Nc1cc(Nc2cccc(C#N)c2)ncn1. The molecule has 3 rings (SSSR count). The van der Waals surface area contributed by atoms with Crippen LogP contribution < -0.4 is 10.6 Å². The van der Waals surface area contributed by atoms with Gasteiger partial charge in [0, 0.05) is 11.8 Å². The number of hydrogen-bond donors (Lipinski definition) is 2. The van der Waals surface area contributed by atoms with Crippen LogP contribution in [0.25, 0.3) is 0 Å². The molecule has 134 valence electrons. The minimum atomic E-state index is -0.402. The Morgan fingerprint density at radius 1 is 1.07 bits per heavy atom. The molecule has 0 saturated heterocycles. The fourth-order valence-corrected chi connectivity index (χ4v) is 2.43. The maximum atomic E-state index is 12.1. The normalized spacial score (nSPS) is 9.93. The summed E-state index contributed by atoms with van der Waals surface area (Å²) < 4.78 is 5.08. The highest BCUT2D eigenvalue weighted by atomic mass is 16.5. The number of esters is 1. The largest absolute Gasteiger partial charge is 0.462 e. The average molecular weight is 359 g/mol. The van der Waals surface area contributed by atoms with Gasteiger partial charge in [-0.25, -0.2) is 14.8 Å². The van der Waals surface area contributed by atoms with Crippen LogP contribution in [0.15, 0.2) is 60.9 Å². The van der Waals surface area contributed by atoms with Gasteiger partial charge in [-0.3, -0.25) is 0 Å². The molecule has 0 aliphatic heterocycles. The topological polar surface area (TPSA) is 99.9 Å². The van der Waals surface area contributed by atoms with E-state index in [9.17, 15) is 4.79 Å². The molecule has 1 aromatic heterocycles. The molecule has 7 heteroatoms. The number of carbonyl (C=O) groups excluding carboxylic acids is 1. The zero-order chi connectivity index (χ0) is 19.1. The number of anilines is 4. The zero-order valence-electron chi connectivity index (χ0n) is 14.6. The van der Waals surface area contributed by atoms with Crippen molar-refractivity contribution in [2.24, 2.45) is 0 Å². The van der Waals surface area contributed by atoms with Gasteiger partial charge in [0.2, 0.25) is 0 Å². The third kappa shape index (κ3) is 4.58. The van der Waals surface area contributed by atoms with Crippen LogP contribution in [0.4, 0.5) is 23.0 Å². The number of hydrogen-bond acceptors (Lipinski definition) is 7. The summed E-state index contributed by atoms with van der Waals surface area (Å²) in [5.74, 6) is 0.665. The highest BCUT2D eigenvalue weighted by Gasteiger charge is 2.12. The number of para-hydroxylation sites is 1. The molecule has 0 fully saturated rings. The van der Waals surface area contributed by atoms with Crippen LogP contribution in [0.3, 0.4) is 0 Å². The van der Waals surface area contributed by atoms with Crippen LogP contribution >= 0.6 is 0 Å². The van der Waals surface area contributed by atoms with Crippen molar-refractivity contribution < 1.29 is 9.53 Å². The van der Waals surface area contributed by atoms with E-state index in [1.807, 2.05) is 12.1 Å². The van der Waals surface area contributed by atoms with Gasteiger partial charge in [0.1, 0.15) is 18.0 Å². The highest BCUT2D eigenvalue weighted by molar-refractivity contribution is 5.96. The number of benzene rings is 2. The summed E-state index contributed by atoms with van der Waals surface area (Å²) in [5.41, 5.74) is 2.31. The lowest BCUT2D eigenvalue weighted by Gasteiger charge is -2.12. The molecule has 0 aliphatic rings. The second kappa shape index (κ2) is 8.45. The predicted octanol–water partition coefficient (Wildman–Crippen LogP) is 4.01. The van der Waals surface area contributed by atoms with Gasteiger partial charge in [-0.1, -0.05) is 18.2 Å². The van der Waals surface area contributed by atoms with Crippen LogP contribution in [0.5, 0.6) is 0 Å². The molecule has 0 radical (unpaired) electrons. The number of nitrogens with zero attached hydrogens (tertiary/aromatic N) is 3. The van der Waals surface area contributed by atoms with Crippen LogP contribution in [0.2, 0.25) is 0 Å². The van der Waals surface area contributed by atoms with E-state index in [1.54, 1.807) is 49.4 Å². The first-order valence-corrected chi connectivity index (χ1v) is 8.32. The number of ether oxygens (including phenoxy) is 1. The Kier molecular flexibility index (Phi) is 5.60. The van der Waals surface area contributed by atoms with Crippen molar-refractivity contribution in [3.05, 3.63) is 72.1 Å². The van der Waals surface area contributed by atoms with Gasteiger partial charge in [-0.05, 0) is 37.3 Å². The molecule has 0 amide bonds. The van der Waals surface area contributed by atoms with Crippen LogP contribution in [0.1, 0.15) is 22.8 Å². The number of nitrogens with one attached hydrogen (secondary N) is 2. The third-order valence-electron chi connectivity index (χ3n) is 3.62. The van der Waals surface area contributed by atoms with Crippen LogP contribution in [-0.2, 0) is 4.74 Å². The lowest BCUT2D eigenvalue weighted by Crippen LogP contribution is -2.08. The Morgan fingerprint density at radius 3 is 2.63 bits per heavy atom. The van der Waals surface area contributed by atoms with Crippen molar-refractivity contribution in [2.45, 2.75) is 6.92 Å². The van der Waals surface area contributed by atoms with Crippen LogP contribution in [-0.4, -0.2) is 22.5 Å². The van der Waals surface area contributed by atoms with Crippen molar-refractivity contribution in [3.8, 4) is 6.07 Å². The average Bonchev–Trinajstić information content (AvgIpc) is 2.69. The summed E-state index contributed by atoms with van der Waals surface area (Å²) in [7, 11) is 0. The Labute approximate surface area is 156 Å². The molecule has 0 saturated carbocycles. The lowest BCUT2D eigenvalue weighted by atomic mass is 10.2. The van der Waals surface area contributed by atoms with Gasteiger partial charge in [0.05, 0.1) is 29.5 Å². The van der Waals surface area contributed by atoms with Crippen molar-refractivity contribution >= 4 is 29.0 Å². The van der Waals surface area contributed by atoms with E-state index >= 15 is 0 Å². The molecular formula is C20H17N5O2. The van der Waals surface area contributed by atoms with Gasteiger partial charge < -0.3 is 15.4 Å². The van der Waals surface area contributed by atoms with Crippen LogP contribution in [0, 0.1) is 11.3 Å². The number of carbonyl (C=O) groups is 1. The van der Waals surface area contributed by atoms with E-state index in [2.05, 4.69) is 26.7 Å². The van der Waals surface area contributed by atoms with E-state index in [1.165, 1.54) is 6.33 Å². The molecular weight excluding hydrogens is 342 g/mol. The van der Waals surface area contributed by atoms with Crippen molar-refractivity contribution in [2.75, 3.05) is 17.2 Å². The minimum absolute atomic E-state index is 0.302. The fraction of sp³-hybridized carbons (Fsp3) is 0.100. The molecule has 0 bridgehead atoms. The second-order valence-corrected chi connectivity index (χ2v) is 5.50. The quantitative estimate of drug-likeness (QED) is 0.641. The van der Waals surface area contributed by atoms with Crippen molar-refractivity contribution in [1.82, 2.24) is 9.97 Å². The Bertz CT molecular complexity index is 997. The number of nitriles is 1. The monoisotopic (exact) mass is 359 g/mol. The summed E-state index contributed by atoms with van der Waals surface area (Å²) in [6.07, 6.45) is 1.41. The summed E-state index contributed by atoms with van der Waals surface area (Å²) >= 11 is 0. The third-order valence-corrected chi connectivity index (χ3v) is 3.62. The Morgan fingerprint density at radius 2 is 1.85 bits per heavy atom. The Balaban J connectivity index is 1.81. The van der Waals surface area contributed by atoms with Gasteiger partial charge in [0.25, 0.3) is 0 Å². The van der Waals surface area contributed by atoms with E-state index in [0.29, 0.717) is 35.1 Å². The Hall–Kier alpha value is -3.92. The van der Waals surface area contributed by atoms with Crippen molar-refractivity contribution in [3.63, 3.8) is 0 Å². The molecule has 3 aromatic rings. The molecule has 1 heterocycles. The lowest BCUT2D eigenvalue weighted by molar-refractivity contribution is 0.0527. The minimum Gasteiger partial charge on any atom is -0.462 e. The summed E-state index contributed by atoms with van der Waals surface area (Å²) in [4.78, 5) is 20.5. The van der Waals surface area contributed by atoms with E-state index in [-0.39, 0.29) is 0 Å². The van der Waals surface area contributed by atoms with Gasteiger partial charge in [-0.2, -0.15) is 5.26 Å². The molecule has 2 N–H and O–H groups in total.